The van der Waals surface area contributed by atoms with Crippen molar-refractivity contribution < 1.29 is 44.0 Å². The largest absolute Gasteiger partial charge is 0.509 e. The van der Waals surface area contributed by atoms with Crippen LogP contribution in [0.5, 0.6) is 0 Å². The number of hydrazine groups is 1. The Hall–Kier alpha value is -5.67. The number of nitrogens with one attached hydrogen (secondary N) is 4. The average Bonchev–Trinajstić information content (AvgIpc) is 3.15. The number of hydrogen-bond donors (Lipinski definition) is 7. The van der Waals surface area contributed by atoms with Crippen LogP contribution in [0.25, 0.3) is 11.3 Å². The van der Waals surface area contributed by atoms with Gasteiger partial charge in [0.1, 0.15) is 17.8 Å². The summed E-state index contributed by atoms with van der Waals surface area (Å²) in [5.41, 5.74) is 3.55. The fourth-order valence-electron chi connectivity index (χ4n) is 5.24. The van der Waals surface area contributed by atoms with Crippen LogP contribution in [0.15, 0.2) is 91.0 Å². The third-order valence-corrected chi connectivity index (χ3v) is 8.47. The predicted octanol–water partition coefficient (Wildman–Crippen LogP) is 3.19. The minimum Gasteiger partial charge on any atom is -0.509 e. The highest BCUT2D eigenvalue weighted by atomic mass is 16.5. The third kappa shape index (κ3) is 12.2. The Morgan fingerprint density at radius 2 is 1.36 bits per heavy atom. The molecule has 3 rings (SSSR count). The molecule has 0 saturated carbocycles. The molecule has 53 heavy (non-hydrogen) atoms. The molecular formula is C38H50N6O9. The maximum Gasteiger partial charge on any atom is 0.407 e. The molecule has 0 aliphatic carbocycles. The molecule has 0 aliphatic rings. The number of nitrogens with zero attached hydrogens (tertiary/aromatic N) is 2. The fraction of sp³-hybridized carbons (Fsp3) is 0.395. The van der Waals surface area contributed by atoms with Crippen LogP contribution >= 0.6 is 0 Å². The number of amides is 4. The second-order valence-corrected chi connectivity index (χ2v) is 13.8. The average molecular weight is 735 g/mol. The second kappa shape index (κ2) is 19.2. The predicted molar refractivity (Wildman–Crippen MR) is 197 cm³/mol. The Labute approximate surface area is 309 Å². The zero-order valence-electron chi connectivity index (χ0n) is 30.8. The van der Waals surface area contributed by atoms with E-state index < -0.39 is 71.9 Å². The van der Waals surface area contributed by atoms with Gasteiger partial charge in [0.25, 0.3) is 5.91 Å². The summed E-state index contributed by atoms with van der Waals surface area (Å²) in [6.07, 6.45) is 1.21. The van der Waals surface area contributed by atoms with Gasteiger partial charge < -0.3 is 40.7 Å². The maximum atomic E-state index is 13.8. The maximum absolute atomic E-state index is 13.8. The van der Waals surface area contributed by atoms with E-state index in [9.17, 15) is 34.5 Å². The number of alkyl carbamates (subject to hydrolysis) is 2. The number of aliphatic hydroxyl groups is 3. The molecule has 1 heterocycles. The fourth-order valence-corrected chi connectivity index (χ4v) is 5.24. The molecule has 2 aromatic carbocycles. The number of hydrogen-bond acceptors (Lipinski definition) is 11. The highest BCUT2D eigenvalue weighted by molar-refractivity contribution is 5.87. The van der Waals surface area contributed by atoms with Crippen LogP contribution in [-0.4, -0.2) is 94.9 Å². The van der Waals surface area contributed by atoms with Crippen LogP contribution in [0, 0.1) is 10.8 Å². The van der Waals surface area contributed by atoms with Crippen molar-refractivity contribution in [2.75, 3.05) is 27.4 Å². The van der Waals surface area contributed by atoms with Crippen LogP contribution in [0.2, 0.25) is 0 Å². The topological polar surface area (TPSA) is 212 Å². The first-order valence-electron chi connectivity index (χ1n) is 16.9. The summed E-state index contributed by atoms with van der Waals surface area (Å²) in [5, 5.41) is 40.9. The van der Waals surface area contributed by atoms with Gasteiger partial charge >= 0.3 is 12.2 Å². The lowest BCUT2D eigenvalue weighted by molar-refractivity contribution is -0.130. The van der Waals surface area contributed by atoms with Gasteiger partial charge in [-0.1, -0.05) is 88.4 Å². The van der Waals surface area contributed by atoms with Gasteiger partial charge in [0.15, 0.2) is 0 Å². The Bertz CT molecular complexity index is 1680. The Balaban J connectivity index is 2.06. The number of aliphatic hydroxyl groups excluding tert-OH is 3. The van der Waals surface area contributed by atoms with Crippen LogP contribution in [-0.2, 0) is 32.0 Å². The highest BCUT2D eigenvalue weighted by Crippen LogP contribution is 2.23. The molecule has 3 aromatic rings. The second-order valence-electron chi connectivity index (χ2n) is 13.8. The summed E-state index contributed by atoms with van der Waals surface area (Å²) in [6, 6.07) is 18.2. The number of benzene rings is 2. The Morgan fingerprint density at radius 1 is 0.774 bits per heavy atom. The van der Waals surface area contributed by atoms with Crippen LogP contribution in [0.1, 0.15) is 38.8 Å². The summed E-state index contributed by atoms with van der Waals surface area (Å²) >= 11 is 0. The molecule has 0 bridgehead atoms. The normalized spacial score (nSPS) is 13.5. The number of ether oxygens (including phenoxy) is 2. The smallest absolute Gasteiger partial charge is 0.407 e. The van der Waals surface area contributed by atoms with Crippen molar-refractivity contribution in [1.29, 1.82) is 0 Å². The van der Waals surface area contributed by atoms with Crippen molar-refractivity contribution >= 4 is 24.0 Å². The summed E-state index contributed by atoms with van der Waals surface area (Å²) in [5.74, 6) is -1.85. The van der Waals surface area contributed by atoms with Crippen molar-refractivity contribution in [3.05, 3.63) is 102 Å². The molecule has 0 fully saturated rings. The van der Waals surface area contributed by atoms with E-state index in [-0.39, 0.29) is 13.0 Å². The van der Waals surface area contributed by atoms with E-state index in [4.69, 9.17) is 4.74 Å². The number of aromatic nitrogens is 1. The Morgan fingerprint density at radius 3 is 1.89 bits per heavy atom. The van der Waals surface area contributed by atoms with E-state index in [1.807, 2.05) is 42.5 Å². The molecule has 7 N–H and O–H groups in total. The van der Waals surface area contributed by atoms with E-state index in [2.05, 4.69) is 31.1 Å². The van der Waals surface area contributed by atoms with E-state index in [0.717, 1.165) is 29.5 Å². The molecule has 0 spiro atoms. The van der Waals surface area contributed by atoms with Gasteiger partial charge in [-0.25, -0.2) is 9.59 Å². The monoisotopic (exact) mass is 734 g/mol. The van der Waals surface area contributed by atoms with Gasteiger partial charge in [-0.3, -0.25) is 25.0 Å². The molecule has 15 heteroatoms. The van der Waals surface area contributed by atoms with Gasteiger partial charge in [0.05, 0.1) is 51.9 Å². The van der Waals surface area contributed by atoms with Gasteiger partial charge in [-0.2, -0.15) is 0 Å². The van der Waals surface area contributed by atoms with Crippen molar-refractivity contribution in [3.63, 3.8) is 0 Å². The number of methoxy groups -OCH3 is 2. The first kappa shape index (κ1) is 41.7. The number of carbonyl (C=O) groups is 4. The lowest BCUT2D eigenvalue weighted by atomic mass is 9.83. The van der Waals surface area contributed by atoms with Crippen molar-refractivity contribution in [3.8, 4) is 11.3 Å². The van der Waals surface area contributed by atoms with Crippen molar-refractivity contribution in [2.24, 2.45) is 10.8 Å². The van der Waals surface area contributed by atoms with E-state index in [0.29, 0.717) is 0 Å². The van der Waals surface area contributed by atoms with E-state index in [1.54, 1.807) is 57.3 Å². The molecule has 4 amide bonds. The van der Waals surface area contributed by atoms with Gasteiger partial charge in [0, 0.05) is 17.2 Å². The van der Waals surface area contributed by atoms with Crippen LogP contribution < -0.4 is 21.4 Å². The summed E-state index contributed by atoms with van der Waals surface area (Å²) in [7, 11) is 2.29. The zero-order valence-corrected chi connectivity index (χ0v) is 30.8. The van der Waals surface area contributed by atoms with Crippen molar-refractivity contribution in [2.45, 2.75) is 58.8 Å². The molecule has 0 unspecified atom stereocenters. The van der Waals surface area contributed by atoms with Gasteiger partial charge in [-0.05, 0) is 35.1 Å². The summed E-state index contributed by atoms with van der Waals surface area (Å²) < 4.78 is 9.43. The molecule has 15 nitrogen and oxygen atoms in total. The third-order valence-electron chi connectivity index (χ3n) is 8.47. The minimum absolute atomic E-state index is 0.0268. The first-order chi connectivity index (χ1) is 25.1. The lowest BCUT2D eigenvalue weighted by Gasteiger charge is -2.35. The number of rotatable bonds is 16. The standard InChI is InChI=1S/C38H50N6O9/c1-37(2,3)31(41-35(50)52-5)34(49)43-44(21-26-15-17-27(18-16-26)28-14-10-11-19-39-28)22-30(47)29(20-25-12-8-7-9-13-25)40-33(48)32(42-36(51)53-6)38(4,23-45)24-46/h7-19,22,29,31-32,45-47H,20-21,23-24H2,1-6H3,(H,40,48)(H,41,50)(H,42,51)(H,43,49)/b30-22-/t29-,31+,32+/m0/s1. The summed E-state index contributed by atoms with van der Waals surface area (Å²) in [4.78, 5) is 56.4. The number of pyridine rings is 1. The first-order valence-corrected chi connectivity index (χ1v) is 16.9. The molecule has 3 atom stereocenters. The highest BCUT2D eigenvalue weighted by Gasteiger charge is 2.41. The Kier molecular flexibility index (Phi) is 15.2. The zero-order chi connectivity index (χ0) is 39.2. The molecule has 0 saturated heterocycles. The van der Waals surface area contributed by atoms with Gasteiger partial charge in [0.2, 0.25) is 5.91 Å². The van der Waals surface area contributed by atoms with Crippen molar-refractivity contribution in [1.82, 2.24) is 31.4 Å². The SMILES string of the molecule is COC(=O)N[C@H](C(=O)NN(/C=C(\O)[C@H](Cc1ccccc1)NC(=O)[C@@H](NC(=O)OC)C(C)(CO)CO)Cc1ccc(-c2ccccn2)cc1)C(C)(C)C. The van der Waals surface area contributed by atoms with E-state index >= 15 is 0 Å². The minimum atomic E-state index is -1.52. The molecule has 1 aromatic heterocycles. The van der Waals surface area contributed by atoms with Gasteiger partial charge in [-0.15, -0.1) is 0 Å². The number of carbonyl (C=O) groups excluding carboxylic acids is 4. The molecule has 0 aliphatic heterocycles. The lowest BCUT2D eigenvalue weighted by Crippen LogP contribution is -2.60. The quantitative estimate of drug-likeness (QED) is 0.0839. The van der Waals surface area contributed by atoms with Crippen LogP contribution in [0.3, 0.4) is 0 Å². The van der Waals surface area contributed by atoms with E-state index in [1.165, 1.54) is 25.2 Å². The molecular weight excluding hydrogens is 684 g/mol. The van der Waals surface area contributed by atoms with Crippen LogP contribution in [0.4, 0.5) is 9.59 Å². The molecule has 286 valence electrons. The molecule has 0 radical (unpaired) electrons. The summed E-state index contributed by atoms with van der Waals surface area (Å²) in [6.45, 7) is 5.36.